The molecular formula is C26H33N3O5S. The Morgan fingerprint density at radius 1 is 0.914 bits per heavy atom. The number of nitrogens with one attached hydrogen (secondary N) is 1. The van der Waals surface area contributed by atoms with Gasteiger partial charge in [0.25, 0.3) is 15.9 Å². The molecule has 8 nitrogen and oxygen atoms in total. The molecule has 35 heavy (non-hydrogen) atoms. The third kappa shape index (κ3) is 5.56. The predicted octanol–water partition coefficient (Wildman–Crippen LogP) is 3.60. The van der Waals surface area contributed by atoms with Crippen LogP contribution in [-0.4, -0.2) is 70.1 Å². The van der Waals surface area contributed by atoms with E-state index in [4.69, 9.17) is 9.47 Å². The molecule has 9 heteroatoms. The van der Waals surface area contributed by atoms with Crippen LogP contribution in [0.3, 0.4) is 0 Å². The quantitative estimate of drug-likeness (QED) is 0.654. The normalized spacial score (nSPS) is 19.4. The van der Waals surface area contributed by atoms with Crippen molar-refractivity contribution in [1.82, 2.24) is 9.80 Å². The molecule has 0 unspecified atom stereocenters. The number of carbonyl (C=O) groups excluding carboxylic acids is 1. The SMILES string of the molecule is O=C(c1ccccc1NS(=O)(=O)c1ccc2c(c1)OCCO2)N1CCN(CC2CCCCC2)CC1. The summed E-state index contributed by atoms with van der Waals surface area (Å²) in [6.45, 7) is 4.93. The van der Waals surface area contributed by atoms with Gasteiger partial charge in [-0.2, -0.15) is 0 Å². The molecule has 0 radical (unpaired) electrons. The van der Waals surface area contributed by atoms with Gasteiger partial charge in [0.2, 0.25) is 0 Å². The van der Waals surface area contributed by atoms with Crippen molar-refractivity contribution < 1.29 is 22.7 Å². The highest BCUT2D eigenvalue weighted by atomic mass is 32.2. The van der Waals surface area contributed by atoms with Gasteiger partial charge in [-0.05, 0) is 43.0 Å². The van der Waals surface area contributed by atoms with Crippen LogP contribution in [0.15, 0.2) is 47.4 Å². The number of anilines is 1. The number of fused-ring (bicyclic) bond motifs is 1. The van der Waals surface area contributed by atoms with Crippen molar-refractivity contribution in [2.24, 2.45) is 5.92 Å². The molecule has 1 saturated carbocycles. The molecule has 2 aromatic carbocycles. The second-order valence-corrected chi connectivity index (χ2v) is 11.2. The Labute approximate surface area is 207 Å². The van der Waals surface area contributed by atoms with Gasteiger partial charge in [0.15, 0.2) is 11.5 Å². The Balaban J connectivity index is 1.25. The van der Waals surface area contributed by atoms with E-state index in [0.717, 1.165) is 25.6 Å². The number of piperazine rings is 1. The van der Waals surface area contributed by atoms with E-state index in [1.165, 1.54) is 44.2 Å². The Morgan fingerprint density at radius 2 is 1.63 bits per heavy atom. The van der Waals surface area contributed by atoms with Crippen LogP contribution in [0.5, 0.6) is 11.5 Å². The Hall–Kier alpha value is -2.78. The molecule has 2 aliphatic heterocycles. The lowest BCUT2D eigenvalue weighted by Gasteiger charge is -2.37. The molecule has 2 aromatic rings. The number of para-hydroxylation sites is 1. The second kappa shape index (κ2) is 10.5. The maximum atomic E-state index is 13.4. The summed E-state index contributed by atoms with van der Waals surface area (Å²) in [7, 11) is -3.92. The van der Waals surface area contributed by atoms with Crippen molar-refractivity contribution in [3.05, 3.63) is 48.0 Å². The fourth-order valence-electron chi connectivity index (χ4n) is 5.19. The van der Waals surface area contributed by atoms with Crippen LogP contribution in [0.1, 0.15) is 42.5 Å². The first-order valence-electron chi connectivity index (χ1n) is 12.5. The number of hydrogen-bond acceptors (Lipinski definition) is 6. The number of rotatable bonds is 6. The predicted molar refractivity (Wildman–Crippen MR) is 134 cm³/mol. The topological polar surface area (TPSA) is 88.2 Å². The zero-order valence-electron chi connectivity index (χ0n) is 19.9. The second-order valence-electron chi connectivity index (χ2n) is 9.55. The minimum absolute atomic E-state index is 0.0559. The summed E-state index contributed by atoms with van der Waals surface area (Å²) in [5.41, 5.74) is 0.631. The van der Waals surface area contributed by atoms with E-state index in [-0.39, 0.29) is 16.5 Å². The van der Waals surface area contributed by atoms with Gasteiger partial charge in [-0.3, -0.25) is 14.4 Å². The molecule has 5 rings (SSSR count). The van der Waals surface area contributed by atoms with E-state index in [2.05, 4.69) is 9.62 Å². The highest BCUT2D eigenvalue weighted by molar-refractivity contribution is 7.92. The molecule has 1 aliphatic carbocycles. The Kier molecular flexibility index (Phi) is 7.15. The molecule has 0 spiro atoms. The Bertz CT molecular complexity index is 1160. The number of hydrogen-bond donors (Lipinski definition) is 1. The summed E-state index contributed by atoms with van der Waals surface area (Å²) >= 11 is 0. The van der Waals surface area contributed by atoms with Crippen LogP contribution < -0.4 is 14.2 Å². The van der Waals surface area contributed by atoms with Crippen LogP contribution >= 0.6 is 0 Å². The lowest BCUT2D eigenvalue weighted by Crippen LogP contribution is -2.50. The maximum Gasteiger partial charge on any atom is 0.262 e. The third-order valence-electron chi connectivity index (χ3n) is 7.13. The van der Waals surface area contributed by atoms with Gasteiger partial charge < -0.3 is 14.4 Å². The van der Waals surface area contributed by atoms with E-state index < -0.39 is 10.0 Å². The number of ether oxygens (including phenoxy) is 2. The molecule has 1 amide bonds. The lowest BCUT2D eigenvalue weighted by molar-refractivity contribution is 0.0607. The van der Waals surface area contributed by atoms with Gasteiger partial charge >= 0.3 is 0 Å². The van der Waals surface area contributed by atoms with Crippen molar-refractivity contribution in [3.8, 4) is 11.5 Å². The largest absolute Gasteiger partial charge is 0.486 e. The highest BCUT2D eigenvalue weighted by Crippen LogP contribution is 2.33. The van der Waals surface area contributed by atoms with Crippen molar-refractivity contribution >= 4 is 21.6 Å². The average molecular weight is 500 g/mol. The van der Waals surface area contributed by atoms with E-state index in [9.17, 15) is 13.2 Å². The Morgan fingerprint density at radius 3 is 2.40 bits per heavy atom. The maximum absolute atomic E-state index is 13.4. The van der Waals surface area contributed by atoms with Crippen molar-refractivity contribution in [2.45, 2.75) is 37.0 Å². The molecular weight excluding hydrogens is 466 g/mol. The summed E-state index contributed by atoms with van der Waals surface area (Å²) < 4.78 is 39.9. The zero-order chi connectivity index (χ0) is 24.3. The molecule has 1 saturated heterocycles. The fraction of sp³-hybridized carbons (Fsp3) is 0.500. The average Bonchev–Trinajstić information content (AvgIpc) is 2.89. The summed E-state index contributed by atoms with van der Waals surface area (Å²) in [6, 6.07) is 11.3. The lowest BCUT2D eigenvalue weighted by atomic mass is 9.89. The van der Waals surface area contributed by atoms with E-state index in [1.807, 2.05) is 4.90 Å². The van der Waals surface area contributed by atoms with Gasteiger partial charge in [0.1, 0.15) is 13.2 Å². The van der Waals surface area contributed by atoms with Crippen LogP contribution in [-0.2, 0) is 10.0 Å². The smallest absolute Gasteiger partial charge is 0.262 e. The van der Waals surface area contributed by atoms with Gasteiger partial charge in [-0.25, -0.2) is 8.42 Å². The standard InChI is InChI=1S/C26H33N3O5S/c30-26(29-14-12-28(13-15-29)19-20-6-2-1-3-7-20)22-8-4-5-9-23(22)27-35(31,32)21-10-11-24-25(18-21)34-17-16-33-24/h4-5,8-11,18,20,27H,1-3,6-7,12-17,19H2. The van der Waals surface area contributed by atoms with Crippen molar-refractivity contribution in [3.63, 3.8) is 0 Å². The van der Waals surface area contributed by atoms with Crippen LogP contribution in [0, 0.1) is 5.92 Å². The van der Waals surface area contributed by atoms with E-state index >= 15 is 0 Å². The number of sulfonamides is 1. The summed E-state index contributed by atoms with van der Waals surface area (Å²) in [5, 5.41) is 0. The van der Waals surface area contributed by atoms with E-state index in [1.54, 1.807) is 30.3 Å². The monoisotopic (exact) mass is 499 g/mol. The first-order chi connectivity index (χ1) is 17.0. The first-order valence-corrected chi connectivity index (χ1v) is 14.0. The minimum Gasteiger partial charge on any atom is -0.486 e. The molecule has 1 N–H and O–H groups in total. The van der Waals surface area contributed by atoms with Crippen molar-refractivity contribution in [1.29, 1.82) is 0 Å². The van der Waals surface area contributed by atoms with Gasteiger partial charge in [-0.15, -0.1) is 0 Å². The minimum atomic E-state index is -3.92. The molecule has 3 aliphatic rings. The number of nitrogens with zero attached hydrogens (tertiary/aromatic N) is 2. The van der Waals surface area contributed by atoms with E-state index in [0.29, 0.717) is 43.4 Å². The van der Waals surface area contributed by atoms with Crippen LogP contribution in [0.2, 0.25) is 0 Å². The molecule has 2 fully saturated rings. The molecule has 2 heterocycles. The van der Waals surface area contributed by atoms with Crippen LogP contribution in [0.25, 0.3) is 0 Å². The molecule has 0 atom stereocenters. The third-order valence-corrected chi connectivity index (χ3v) is 8.49. The van der Waals surface area contributed by atoms with Gasteiger partial charge in [-0.1, -0.05) is 31.4 Å². The van der Waals surface area contributed by atoms with Crippen LogP contribution in [0.4, 0.5) is 5.69 Å². The summed E-state index contributed by atoms with van der Waals surface area (Å²) in [4.78, 5) is 17.7. The number of carbonyl (C=O) groups is 1. The fourth-order valence-corrected chi connectivity index (χ4v) is 6.29. The first kappa shape index (κ1) is 23.9. The van der Waals surface area contributed by atoms with Gasteiger partial charge in [0, 0.05) is 38.8 Å². The molecule has 0 bridgehead atoms. The highest BCUT2D eigenvalue weighted by Gasteiger charge is 2.27. The zero-order valence-corrected chi connectivity index (χ0v) is 20.8. The van der Waals surface area contributed by atoms with Crippen molar-refractivity contribution in [2.75, 3.05) is 50.7 Å². The summed E-state index contributed by atoms with van der Waals surface area (Å²) in [5.74, 6) is 1.55. The summed E-state index contributed by atoms with van der Waals surface area (Å²) in [6.07, 6.45) is 6.66. The van der Waals surface area contributed by atoms with Gasteiger partial charge in [0.05, 0.1) is 16.1 Å². The molecule has 0 aromatic heterocycles. The molecule has 188 valence electrons. The number of amides is 1. The number of benzene rings is 2.